The van der Waals surface area contributed by atoms with Crippen LogP contribution in [0.5, 0.6) is 0 Å². The second-order valence-corrected chi connectivity index (χ2v) is 3.78. The summed E-state index contributed by atoms with van der Waals surface area (Å²) in [5.74, 6) is 0. The normalized spacial score (nSPS) is 10.2. The van der Waals surface area contributed by atoms with Gasteiger partial charge in [-0.1, -0.05) is 41.7 Å². The van der Waals surface area contributed by atoms with Crippen molar-refractivity contribution in [1.29, 1.82) is 0 Å². The molecule has 0 radical (unpaired) electrons. The highest BCUT2D eigenvalue weighted by Crippen LogP contribution is 2.10. The summed E-state index contributed by atoms with van der Waals surface area (Å²) in [6.45, 7) is 0. The minimum absolute atomic E-state index is 0.231. The largest absolute Gasteiger partial charge is 0.422 e. The van der Waals surface area contributed by atoms with Crippen LogP contribution in [0.4, 0.5) is 0 Å². The minimum Gasteiger partial charge on any atom is -0.422 e. The Hall–Kier alpha value is -1.35. The fraction of sp³-hybridized carbons (Fsp3) is 0.100. The van der Waals surface area contributed by atoms with Crippen molar-refractivity contribution in [2.45, 2.75) is 6.42 Å². The SMILES string of the molecule is O=c1occ(Cc2ccccc2)s1. The van der Waals surface area contributed by atoms with E-state index in [2.05, 4.69) is 0 Å². The molecule has 0 aliphatic carbocycles. The number of rotatable bonds is 2. The maximum atomic E-state index is 10.7. The third kappa shape index (κ3) is 2.06. The molecule has 1 heterocycles. The fourth-order valence-corrected chi connectivity index (χ4v) is 1.79. The first-order valence-electron chi connectivity index (χ1n) is 3.96. The summed E-state index contributed by atoms with van der Waals surface area (Å²) in [5.41, 5.74) is 1.19. The van der Waals surface area contributed by atoms with E-state index in [0.29, 0.717) is 0 Å². The molecule has 2 aromatic rings. The molecule has 0 spiro atoms. The summed E-state index contributed by atoms with van der Waals surface area (Å²) >= 11 is 1.16. The van der Waals surface area contributed by atoms with Crippen LogP contribution in [0, 0.1) is 0 Å². The molecular formula is C10H8O2S. The van der Waals surface area contributed by atoms with Gasteiger partial charge in [0.15, 0.2) is 0 Å². The van der Waals surface area contributed by atoms with Crippen molar-refractivity contribution < 1.29 is 4.42 Å². The number of hydrogen-bond acceptors (Lipinski definition) is 3. The van der Waals surface area contributed by atoms with E-state index in [1.165, 1.54) is 11.8 Å². The van der Waals surface area contributed by atoms with Gasteiger partial charge < -0.3 is 4.42 Å². The Morgan fingerprint density at radius 1 is 1.23 bits per heavy atom. The van der Waals surface area contributed by atoms with Gasteiger partial charge >= 0.3 is 4.94 Å². The molecule has 2 rings (SSSR count). The molecule has 66 valence electrons. The summed E-state index contributed by atoms with van der Waals surface area (Å²) in [5, 5.41) is 0. The average molecular weight is 192 g/mol. The molecule has 0 fully saturated rings. The molecule has 0 N–H and O–H groups in total. The van der Waals surface area contributed by atoms with E-state index in [1.807, 2.05) is 30.3 Å². The molecule has 13 heavy (non-hydrogen) atoms. The molecule has 0 atom stereocenters. The predicted octanol–water partition coefficient (Wildman–Crippen LogP) is 2.29. The lowest BCUT2D eigenvalue weighted by atomic mass is 10.1. The van der Waals surface area contributed by atoms with Crippen LogP contribution in [0.2, 0.25) is 0 Å². The van der Waals surface area contributed by atoms with Gasteiger partial charge in [-0.15, -0.1) is 0 Å². The van der Waals surface area contributed by atoms with Crippen LogP contribution >= 0.6 is 11.3 Å². The predicted molar refractivity (Wildman–Crippen MR) is 52.1 cm³/mol. The number of hydrogen-bond donors (Lipinski definition) is 0. The second kappa shape index (κ2) is 3.58. The quantitative estimate of drug-likeness (QED) is 0.730. The molecule has 0 amide bonds. The van der Waals surface area contributed by atoms with Gasteiger partial charge in [-0.3, -0.25) is 0 Å². The van der Waals surface area contributed by atoms with Crippen molar-refractivity contribution in [2.24, 2.45) is 0 Å². The molecule has 0 aliphatic rings. The van der Waals surface area contributed by atoms with Crippen molar-refractivity contribution in [3.63, 3.8) is 0 Å². The zero-order valence-corrected chi connectivity index (χ0v) is 7.71. The first-order valence-corrected chi connectivity index (χ1v) is 4.78. The van der Waals surface area contributed by atoms with Gasteiger partial charge in [0.1, 0.15) is 6.26 Å². The maximum absolute atomic E-state index is 10.7. The van der Waals surface area contributed by atoms with Gasteiger partial charge in [0.05, 0.1) is 4.88 Å². The standard InChI is InChI=1S/C10H8O2S/c11-10-12-7-9(13-10)6-8-4-2-1-3-5-8/h1-5,7H,6H2. The lowest BCUT2D eigenvalue weighted by Gasteiger charge is -1.94. The first-order chi connectivity index (χ1) is 6.34. The van der Waals surface area contributed by atoms with Crippen LogP contribution in [0.15, 0.2) is 45.8 Å². The molecule has 1 aromatic carbocycles. The Labute approximate surface area is 79.5 Å². The average Bonchev–Trinajstić information content (AvgIpc) is 2.53. The van der Waals surface area contributed by atoms with E-state index in [1.54, 1.807) is 0 Å². The van der Waals surface area contributed by atoms with Crippen LogP contribution in [0.3, 0.4) is 0 Å². The molecule has 3 heteroatoms. The monoisotopic (exact) mass is 192 g/mol. The van der Waals surface area contributed by atoms with Crippen LogP contribution < -0.4 is 4.94 Å². The molecule has 0 bridgehead atoms. The van der Waals surface area contributed by atoms with Crippen molar-refractivity contribution in [3.8, 4) is 0 Å². The maximum Gasteiger partial charge on any atom is 0.395 e. The smallest absolute Gasteiger partial charge is 0.395 e. The zero-order chi connectivity index (χ0) is 9.10. The molecule has 0 aliphatic heterocycles. The van der Waals surface area contributed by atoms with Crippen molar-refractivity contribution in [1.82, 2.24) is 0 Å². The fourth-order valence-electron chi connectivity index (χ4n) is 1.14. The Bertz CT molecular complexity index is 427. The molecule has 0 unspecified atom stereocenters. The summed E-state index contributed by atoms with van der Waals surface area (Å²) < 4.78 is 4.70. The zero-order valence-electron chi connectivity index (χ0n) is 6.90. The van der Waals surface area contributed by atoms with Gasteiger partial charge in [0.2, 0.25) is 0 Å². The summed E-state index contributed by atoms with van der Waals surface area (Å²) in [7, 11) is 0. The van der Waals surface area contributed by atoms with E-state index in [9.17, 15) is 4.79 Å². The van der Waals surface area contributed by atoms with Gasteiger partial charge in [0, 0.05) is 6.42 Å². The van der Waals surface area contributed by atoms with E-state index >= 15 is 0 Å². The summed E-state index contributed by atoms with van der Waals surface area (Å²) in [6, 6.07) is 10.0. The lowest BCUT2D eigenvalue weighted by Crippen LogP contribution is -1.83. The summed E-state index contributed by atoms with van der Waals surface area (Å²) in [4.78, 5) is 11.5. The van der Waals surface area contributed by atoms with Gasteiger partial charge in [0.25, 0.3) is 0 Å². The second-order valence-electron chi connectivity index (χ2n) is 2.72. The third-order valence-electron chi connectivity index (χ3n) is 1.72. The first kappa shape index (κ1) is 8.26. The molecule has 2 nitrogen and oxygen atoms in total. The molecule has 0 saturated carbocycles. The van der Waals surface area contributed by atoms with Crippen LogP contribution in [-0.4, -0.2) is 0 Å². The van der Waals surface area contributed by atoms with E-state index < -0.39 is 0 Å². The minimum atomic E-state index is -0.231. The van der Waals surface area contributed by atoms with Gasteiger partial charge in [-0.2, -0.15) is 0 Å². The van der Waals surface area contributed by atoms with Crippen molar-refractivity contribution >= 4 is 11.3 Å². The highest BCUT2D eigenvalue weighted by molar-refractivity contribution is 7.09. The summed E-state index contributed by atoms with van der Waals surface area (Å²) in [6.07, 6.45) is 2.30. The van der Waals surface area contributed by atoms with Gasteiger partial charge in [-0.05, 0) is 5.56 Å². The highest BCUT2D eigenvalue weighted by atomic mass is 32.1. The third-order valence-corrected chi connectivity index (χ3v) is 2.49. The van der Waals surface area contributed by atoms with E-state index in [0.717, 1.165) is 22.6 Å². The number of benzene rings is 1. The molecule has 0 saturated heterocycles. The van der Waals surface area contributed by atoms with Crippen LogP contribution in [0.1, 0.15) is 10.4 Å². The van der Waals surface area contributed by atoms with Crippen LogP contribution in [0.25, 0.3) is 0 Å². The topological polar surface area (TPSA) is 30.2 Å². The van der Waals surface area contributed by atoms with Crippen molar-refractivity contribution in [2.75, 3.05) is 0 Å². The van der Waals surface area contributed by atoms with E-state index in [-0.39, 0.29) is 4.94 Å². The molecular weight excluding hydrogens is 184 g/mol. The van der Waals surface area contributed by atoms with Crippen molar-refractivity contribution in [3.05, 3.63) is 56.8 Å². The molecule has 1 aromatic heterocycles. The lowest BCUT2D eigenvalue weighted by molar-refractivity contribution is 0.534. The van der Waals surface area contributed by atoms with Crippen LogP contribution in [-0.2, 0) is 6.42 Å². The highest BCUT2D eigenvalue weighted by Gasteiger charge is 1.99. The Morgan fingerprint density at radius 2 is 2.00 bits per heavy atom. The Morgan fingerprint density at radius 3 is 2.62 bits per heavy atom. The Kier molecular flexibility index (Phi) is 2.27. The Balaban J connectivity index is 2.20. The van der Waals surface area contributed by atoms with E-state index in [4.69, 9.17) is 4.42 Å². The van der Waals surface area contributed by atoms with Gasteiger partial charge in [-0.25, -0.2) is 4.79 Å².